The number of hydrogen-bond donors (Lipinski definition) is 2. The van der Waals surface area contributed by atoms with Gasteiger partial charge in [0.25, 0.3) is 0 Å². The highest BCUT2D eigenvalue weighted by atomic mass is 16.3. The Morgan fingerprint density at radius 2 is 2.00 bits per heavy atom. The van der Waals surface area contributed by atoms with E-state index in [2.05, 4.69) is 11.4 Å². The van der Waals surface area contributed by atoms with Crippen molar-refractivity contribution in [3.05, 3.63) is 28.8 Å². The number of carbonyl (C=O) groups is 1. The predicted molar refractivity (Wildman–Crippen MR) is 77.3 cm³/mol. The van der Waals surface area contributed by atoms with Crippen molar-refractivity contribution in [1.82, 2.24) is 0 Å². The standard InChI is InChI=1S/C16H23NO2/c1-6-10-11-7-9(2)8-12(13(11)17-15(10)19)14(18)16(3,4)5/h7-8,10,14,18H,6H2,1-5H3,(H,17,19). The van der Waals surface area contributed by atoms with Gasteiger partial charge in [-0.3, -0.25) is 4.79 Å². The van der Waals surface area contributed by atoms with E-state index in [0.717, 1.165) is 28.8 Å². The molecule has 0 aliphatic carbocycles. The smallest absolute Gasteiger partial charge is 0.232 e. The minimum absolute atomic E-state index is 0.0467. The normalized spacial score (nSPS) is 20.1. The van der Waals surface area contributed by atoms with Crippen LogP contribution in [0.15, 0.2) is 12.1 Å². The summed E-state index contributed by atoms with van der Waals surface area (Å²) < 4.78 is 0. The molecule has 3 nitrogen and oxygen atoms in total. The van der Waals surface area contributed by atoms with E-state index in [9.17, 15) is 9.90 Å². The van der Waals surface area contributed by atoms with E-state index in [0.29, 0.717) is 0 Å². The zero-order valence-electron chi connectivity index (χ0n) is 12.4. The number of anilines is 1. The molecule has 0 radical (unpaired) electrons. The van der Waals surface area contributed by atoms with Crippen LogP contribution in [0, 0.1) is 12.3 Å². The summed E-state index contributed by atoms with van der Waals surface area (Å²) in [6.07, 6.45) is 0.199. The van der Waals surface area contributed by atoms with Crippen LogP contribution in [-0.4, -0.2) is 11.0 Å². The van der Waals surface area contributed by atoms with Crippen molar-refractivity contribution in [2.75, 3.05) is 5.32 Å². The second kappa shape index (κ2) is 4.64. The first kappa shape index (κ1) is 14.1. The van der Waals surface area contributed by atoms with E-state index < -0.39 is 6.10 Å². The maximum atomic E-state index is 12.0. The summed E-state index contributed by atoms with van der Waals surface area (Å²) in [7, 11) is 0. The number of aliphatic hydroxyl groups is 1. The Morgan fingerprint density at radius 1 is 1.37 bits per heavy atom. The first-order valence-electron chi connectivity index (χ1n) is 6.89. The average molecular weight is 261 g/mol. The van der Waals surface area contributed by atoms with Gasteiger partial charge < -0.3 is 10.4 Å². The maximum absolute atomic E-state index is 12.0. The maximum Gasteiger partial charge on any atom is 0.232 e. The van der Waals surface area contributed by atoms with E-state index >= 15 is 0 Å². The number of amides is 1. The zero-order chi connectivity index (χ0) is 14.4. The lowest BCUT2D eigenvalue weighted by Crippen LogP contribution is -2.19. The molecular weight excluding hydrogens is 238 g/mol. The van der Waals surface area contributed by atoms with E-state index in [1.807, 2.05) is 40.7 Å². The molecule has 0 bridgehead atoms. The van der Waals surface area contributed by atoms with E-state index in [4.69, 9.17) is 0 Å². The van der Waals surface area contributed by atoms with Crippen molar-refractivity contribution in [1.29, 1.82) is 0 Å². The van der Waals surface area contributed by atoms with Gasteiger partial charge in [0.05, 0.1) is 17.7 Å². The molecular formula is C16H23NO2. The van der Waals surface area contributed by atoms with Crippen LogP contribution < -0.4 is 5.32 Å². The second-order valence-electron chi connectivity index (χ2n) is 6.54. The summed E-state index contributed by atoms with van der Waals surface area (Å²) in [5, 5.41) is 13.5. The Bertz CT molecular complexity index is 514. The first-order chi connectivity index (χ1) is 8.75. The van der Waals surface area contributed by atoms with Crippen LogP contribution >= 0.6 is 0 Å². The largest absolute Gasteiger partial charge is 0.388 e. The molecule has 1 heterocycles. The number of fused-ring (bicyclic) bond motifs is 1. The third kappa shape index (κ3) is 2.39. The minimum atomic E-state index is -0.586. The van der Waals surface area contributed by atoms with Crippen molar-refractivity contribution in [2.45, 2.75) is 53.1 Å². The predicted octanol–water partition coefficient (Wildman–Crippen LogP) is 3.52. The monoisotopic (exact) mass is 261 g/mol. The topological polar surface area (TPSA) is 49.3 Å². The van der Waals surface area contributed by atoms with Gasteiger partial charge in [-0.1, -0.05) is 45.4 Å². The lowest BCUT2D eigenvalue weighted by atomic mass is 9.82. The van der Waals surface area contributed by atoms with Crippen LogP contribution in [-0.2, 0) is 4.79 Å². The van der Waals surface area contributed by atoms with E-state index in [-0.39, 0.29) is 17.2 Å². The van der Waals surface area contributed by atoms with Gasteiger partial charge in [0.1, 0.15) is 0 Å². The molecule has 19 heavy (non-hydrogen) atoms. The average Bonchev–Trinajstić information content (AvgIpc) is 2.61. The summed E-state index contributed by atoms with van der Waals surface area (Å²) in [6.45, 7) is 10.0. The van der Waals surface area contributed by atoms with Gasteiger partial charge in [0.2, 0.25) is 5.91 Å². The van der Waals surface area contributed by atoms with Crippen molar-refractivity contribution in [3.63, 3.8) is 0 Å². The molecule has 3 heteroatoms. The Balaban J connectivity index is 2.57. The molecule has 2 atom stereocenters. The molecule has 0 saturated heterocycles. The van der Waals surface area contributed by atoms with Crippen LogP contribution in [0.1, 0.15) is 62.8 Å². The van der Waals surface area contributed by atoms with E-state index in [1.54, 1.807) is 0 Å². The molecule has 1 aliphatic heterocycles. The summed E-state index contributed by atoms with van der Waals surface area (Å²) in [6, 6.07) is 4.04. The SMILES string of the molecule is CCC1C(=O)Nc2c1cc(C)cc2C(O)C(C)(C)C. The number of carbonyl (C=O) groups excluding carboxylic acids is 1. The highest BCUT2D eigenvalue weighted by Gasteiger charge is 2.35. The fourth-order valence-electron chi connectivity index (χ4n) is 2.70. The number of benzene rings is 1. The Kier molecular flexibility index (Phi) is 3.43. The summed E-state index contributed by atoms with van der Waals surface area (Å²) in [4.78, 5) is 12.0. The van der Waals surface area contributed by atoms with Gasteiger partial charge in [-0.25, -0.2) is 0 Å². The highest BCUT2D eigenvalue weighted by molar-refractivity contribution is 6.03. The molecule has 1 aliphatic rings. The lowest BCUT2D eigenvalue weighted by molar-refractivity contribution is -0.117. The number of rotatable bonds is 2. The number of hydrogen-bond acceptors (Lipinski definition) is 2. The Morgan fingerprint density at radius 3 is 2.53 bits per heavy atom. The van der Waals surface area contributed by atoms with Crippen molar-refractivity contribution in [2.24, 2.45) is 5.41 Å². The molecule has 2 rings (SSSR count). The molecule has 0 aromatic heterocycles. The van der Waals surface area contributed by atoms with Crippen molar-refractivity contribution < 1.29 is 9.90 Å². The third-order valence-electron chi connectivity index (χ3n) is 3.81. The van der Waals surface area contributed by atoms with Gasteiger partial charge in [0, 0.05) is 5.56 Å². The van der Waals surface area contributed by atoms with Gasteiger partial charge in [-0.05, 0) is 24.3 Å². The van der Waals surface area contributed by atoms with Crippen LogP contribution in [0.5, 0.6) is 0 Å². The van der Waals surface area contributed by atoms with Crippen LogP contribution in [0.2, 0.25) is 0 Å². The Labute approximate surface area is 115 Å². The number of aliphatic hydroxyl groups excluding tert-OH is 1. The zero-order valence-corrected chi connectivity index (χ0v) is 12.4. The fourth-order valence-corrected chi connectivity index (χ4v) is 2.70. The minimum Gasteiger partial charge on any atom is -0.388 e. The molecule has 1 aromatic rings. The molecule has 1 aromatic carbocycles. The van der Waals surface area contributed by atoms with Gasteiger partial charge >= 0.3 is 0 Å². The van der Waals surface area contributed by atoms with Gasteiger partial charge in [-0.15, -0.1) is 0 Å². The number of nitrogens with one attached hydrogen (secondary N) is 1. The molecule has 104 valence electrons. The Hall–Kier alpha value is -1.35. The molecule has 2 N–H and O–H groups in total. The van der Waals surface area contributed by atoms with Crippen molar-refractivity contribution >= 4 is 11.6 Å². The van der Waals surface area contributed by atoms with Crippen molar-refractivity contribution in [3.8, 4) is 0 Å². The highest BCUT2D eigenvalue weighted by Crippen LogP contribution is 2.44. The van der Waals surface area contributed by atoms with Crippen LogP contribution in [0.3, 0.4) is 0 Å². The fraction of sp³-hybridized carbons (Fsp3) is 0.562. The summed E-state index contributed by atoms with van der Waals surface area (Å²) in [5.41, 5.74) is 3.53. The molecule has 1 amide bonds. The summed E-state index contributed by atoms with van der Waals surface area (Å²) >= 11 is 0. The number of aryl methyl sites for hydroxylation is 1. The second-order valence-corrected chi connectivity index (χ2v) is 6.54. The van der Waals surface area contributed by atoms with E-state index in [1.165, 1.54) is 0 Å². The molecule has 2 unspecified atom stereocenters. The first-order valence-corrected chi connectivity index (χ1v) is 6.89. The summed E-state index contributed by atoms with van der Waals surface area (Å²) in [5.74, 6) is -0.0359. The van der Waals surface area contributed by atoms with Gasteiger partial charge in [0.15, 0.2) is 0 Å². The molecule has 0 fully saturated rings. The quantitative estimate of drug-likeness (QED) is 0.855. The molecule has 0 spiro atoms. The van der Waals surface area contributed by atoms with Crippen LogP contribution in [0.4, 0.5) is 5.69 Å². The lowest BCUT2D eigenvalue weighted by Gasteiger charge is -2.28. The van der Waals surface area contributed by atoms with Crippen LogP contribution in [0.25, 0.3) is 0 Å². The molecule has 0 saturated carbocycles. The van der Waals surface area contributed by atoms with Gasteiger partial charge in [-0.2, -0.15) is 0 Å². The third-order valence-corrected chi connectivity index (χ3v) is 3.81.